The summed E-state index contributed by atoms with van der Waals surface area (Å²) in [4.78, 5) is 4.61. The number of hydrogen-bond donors (Lipinski definition) is 2. The van der Waals surface area contributed by atoms with Crippen LogP contribution < -0.4 is 11.3 Å². The van der Waals surface area contributed by atoms with Crippen molar-refractivity contribution in [3.8, 4) is 0 Å². The summed E-state index contributed by atoms with van der Waals surface area (Å²) in [5.41, 5.74) is 5.80. The molecule has 0 saturated heterocycles. The van der Waals surface area contributed by atoms with Crippen LogP contribution in [0.25, 0.3) is 0 Å². The SMILES string of the molecule is NNC(CCC1CCCCC1)C1CCc2cccnc21. The predicted octanol–water partition coefficient (Wildman–Crippen LogP) is 3.30. The van der Waals surface area contributed by atoms with Gasteiger partial charge in [0.1, 0.15) is 0 Å². The van der Waals surface area contributed by atoms with Crippen molar-refractivity contribution in [1.82, 2.24) is 10.4 Å². The van der Waals surface area contributed by atoms with Gasteiger partial charge in [-0.3, -0.25) is 16.3 Å². The average Bonchev–Trinajstić information content (AvgIpc) is 2.93. The summed E-state index contributed by atoms with van der Waals surface area (Å²) in [5.74, 6) is 7.30. The molecule has 1 heterocycles. The molecule has 2 atom stereocenters. The van der Waals surface area contributed by atoms with Crippen molar-refractivity contribution < 1.29 is 0 Å². The van der Waals surface area contributed by atoms with Gasteiger partial charge in [0.2, 0.25) is 0 Å². The van der Waals surface area contributed by atoms with Gasteiger partial charge in [-0.05, 0) is 43.2 Å². The molecule has 0 spiro atoms. The van der Waals surface area contributed by atoms with Crippen molar-refractivity contribution >= 4 is 0 Å². The Kier molecular flexibility index (Phi) is 4.69. The van der Waals surface area contributed by atoms with Crippen LogP contribution in [0.15, 0.2) is 18.3 Å². The molecular weight excluding hydrogens is 246 g/mol. The Morgan fingerprint density at radius 1 is 1.25 bits per heavy atom. The lowest BCUT2D eigenvalue weighted by Crippen LogP contribution is -2.39. The van der Waals surface area contributed by atoms with E-state index in [2.05, 4.69) is 16.5 Å². The summed E-state index contributed by atoms with van der Waals surface area (Å²) in [6, 6.07) is 4.67. The van der Waals surface area contributed by atoms with E-state index in [-0.39, 0.29) is 0 Å². The van der Waals surface area contributed by atoms with Crippen molar-refractivity contribution in [2.75, 3.05) is 0 Å². The average molecular weight is 273 g/mol. The number of pyridine rings is 1. The van der Waals surface area contributed by atoms with E-state index in [4.69, 9.17) is 5.84 Å². The van der Waals surface area contributed by atoms with Crippen LogP contribution in [0.5, 0.6) is 0 Å². The monoisotopic (exact) mass is 273 g/mol. The van der Waals surface area contributed by atoms with Crippen LogP contribution >= 0.6 is 0 Å². The molecule has 0 bridgehead atoms. The Bertz CT molecular complexity index is 426. The zero-order valence-electron chi connectivity index (χ0n) is 12.4. The van der Waals surface area contributed by atoms with Crippen LogP contribution in [0.3, 0.4) is 0 Å². The molecule has 1 aromatic rings. The molecule has 2 aliphatic rings. The van der Waals surface area contributed by atoms with Gasteiger partial charge in [-0.2, -0.15) is 0 Å². The summed E-state index contributed by atoms with van der Waals surface area (Å²) in [7, 11) is 0. The molecule has 3 heteroatoms. The van der Waals surface area contributed by atoms with E-state index in [0.29, 0.717) is 12.0 Å². The Labute approximate surface area is 122 Å². The third kappa shape index (κ3) is 3.04. The van der Waals surface area contributed by atoms with Crippen LogP contribution in [0.4, 0.5) is 0 Å². The van der Waals surface area contributed by atoms with Gasteiger partial charge in [-0.1, -0.05) is 38.2 Å². The molecule has 20 heavy (non-hydrogen) atoms. The van der Waals surface area contributed by atoms with E-state index in [1.165, 1.54) is 62.6 Å². The number of aryl methyl sites for hydroxylation is 1. The summed E-state index contributed by atoms with van der Waals surface area (Å²) in [6.07, 6.45) is 14.0. The van der Waals surface area contributed by atoms with Crippen molar-refractivity contribution in [3.05, 3.63) is 29.6 Å². The lowest BCUT2D eigenvalue weighted by Gasteiger charge is -2.27. The minimum Gasteiger partial charge on any atom is -0.271 e. The van der Waals surface area contributed by atoms with Gasteiger partial charge in [-0.15, -0.1) is 0 Å². The molecular formula is C17H27N3. The van der Waals surface area contributed by atoms with E-state index >= 15 is 0 Å². The fourth-order valence-corrected chi connectivity index (χ4v) is 4.13. The number of aromatic nitrogens is 1. The standard InChI is InChI=1S/C17H27N3/c18-20-16(11-8-13-5-2-1-3-6-13)15-10-9-14-7-4-12-19-17(14)15/h4,7,12-13,15-16,20H,1-3,5-6,8-11,18H2. The van der Waals surface area contributed by atoms with Crippen LogP contribution in [0.1, 0.15) is 68.5 Å². The number of rotatable bonds is 5. The van der Waals surface area contributed by atoms with Crippen molar-refractivity contribution in [2.45, 2.75) is 69.7 Å². The molecule has 3 nitrogen and oxygen atoms in total. The molecule has 1 fully saturated rings. The number of hydrazine groups is 1. The fraction of sp³-hybridized carbons (Fsp3) is 0.706. The lowest BCUT2D eigenvalue weighted by molar-refractivity contribution is 0.299. The Balaban J connectivity index is 1.59. The molecule has 1 saturated carbocycles. The van der Waals surface area contributed by atoms with Crippen LogP contribution in [-0.2, 0) is 6.42 Å². The molecule has 2 aliphatic carbocycles. The molecule has 0 aromatic carbocycles. The minimum absolute atomic E-state index is 0.396. The first-order valence-corrected chi connectivity index (χ1v) is 8.28. The molecule has 0 aliphatic heterocycles. The van der Waals surface area contributed by atoms with E-state index < -0.39 is 0 Å². The van der Waals surface area contributed by atoms with Gasteiger partial charge in [0.15, 0.2) is 0 Å². The highest BCUT2D eigenvalue weighted by molar-refractivity contribution is 5.29. The number of fused-ring (bicyclic) bond motifs is 1. The Morgan fingerprint density at radius 2 is 2.10 bits per heavy atom. The van der Waals surface area contributed by atoms with Crippen molar-refractivity contribution in [1.29, 1.82) is 0 Å². The summed E-state index contributed by atoms with van der Waals surface area (Å²) in [5, 5.41) is 0. The second-order valence-corrected chi connectivity index (χ2v) is 6.55. The molecule has 0 radical (unpaired) electrons. The molecule has 3 rings (SSSR count). The maximum Gasteiger partial charge on any atom is 0.0482 e. The number of nitrogens with two attached hydrogens (primary N) is 1. The zero-order chi connectivity index (χ0) is 13.8. The first-order valence-electron chi connectivity index (χ1n) is 8.28. The fourth-order valence-electron chi connectivity index (χ4n) is 4.13. The van der Waals surface area contributed by atoms with Crippen LogP contribution in [-0.4, -0.2) is 11.0 Å². The molecule has 1 aromatic heterocycles. The minimum atomic E-state index is 0.396. The maximum absolute atomic E-state index is 5.85. The lowest BCUT2D eigenvalue weighted by atomic mass is 9.83. The maximum atomic E-state index is 5.85. The van der Waals surface area contributed by atoms with E-state index in [0.717, 1.165) is 12.3 Å². The topological polar surface area (TPSA) is 50.9 Å². The van der Waals surface area contributed by atoms with E-state index in [1.54, 1.807) is 0 Å². The smallest absolute Gasteiger partial charge is 0.0482 e. The van der Waals surface area contributed by atoms with Crippen LogP contribution in [0.2, 0.25) is 0 Å². The normalized spacial score (nSPS) is 24.6. The number of nitrogens with zero attached hydrogens (tertiary/aromatic N) is 1. The van der Waals surface area contributed by atoms with Gasteiger partial charge >= 0.3 is 0 Å². The highest BCUT2D eigenvalue weighted by Crippen LogP contribution is 2.36. The van der Waals surface area contributed by atoms with Gasteiger partial charge < -0.3 is 0 Å². The van der Waals surface area contributed by atoms with E-state index in [1.807, 2.05) is 12.3 Å². The quantitative estimate of drug-likeness (QED) is 0.639. The van der Waals surface area contributed by atoms with Crippen molar-refractivity contribution in [3.63, 3.8) is 0 Å². The first-order chi connectivity index (χ1) is 9.88. The van der Waals surface area contributed by atoms with Gasteiger partial charge in [-0.25, -0.2) is 0 Å². The predicted molar refractivity (Wildman–Crippen MR) is 82.2 cm³/mol. The molecule has 0 amide bonds. The second kappa shape index (κ2) is 6.68. The Morgan fingerprint density at radius 3 is 2.90 bits per heavy atom. The van der Waals surface area contributed by atoms with Gasteiger partial charge in [0.05, 0.1) is 0 Å². The first kappa shape index (κ1) is 14.0. The second-order valence-electron chi connectivity index (χ2n) is 6.55. The number of nitrogens with one attached hydrogen (secondary N) is 1. The van der Waals surface area contributed by atoms with Crippen molar-refractivity contribution in [2.24, 2.45) is 11.8 Å². The molecule has 3 N–H and O–H groups in total. The molecule has 110 valence electrons. The largest absolute Gasteiger partial charge is 0.271 e. The molecule has 2 unspecified atom stereocenters. The van der Waals surface area contributed by atoms with Crippen LogP contribution in [0, 0.1) is 5.92 Å². The highest BCUT2D eigenvalue weighted by Gasteiger charge is 2.30. The van der Waals surface area contributed by atoms with E-state index in [9.17, 15) is 0 Å². The van der Waals surface area contributed by atoms with Gasteiger partial charge in [0.25, 0.3) is 0 Å². The number of hydrogen-bond acceptors (Lipinski definition) is 3. The highest BCUT2D eigenvalue weighted by atomic mass is 15.2. The third-order valence-corrected chi connectivity index (χ3v) is 5.31. The summed E-state index contributed by atoms with van der Waals surface area (Å²) >= 11 is 0. The van der Waals surface area contributed by atoms with Gasteiger partial charge in [0, 0.05) is 23.9 Å². The summed E-state index contributed by atoms with van der Waals surface area (Å²) in [6.45, 7) is 0. The summed E-state index contributed by atoms with van der Waals surface area (Å²) < 4.78 is 0. The Hall–Kier alpha value is -0.930. The zero-order valence-corrected chi connectivity index (χ0v) is 12.4. The third-order valence-electron chi connectivity index (χ3n) is 5.31.